The molecule has 0 aromatic carbocycles. The fraction of sp³-hybridized carbons (Fsp3) is 1.00. The van der Waals surface area contributed by atoms with Crippen LogP contribution in [0.15, 0.2) is 0 Å². The molecule has 0 saturated carbocycles. The van der Waals surface area contributed by atoms with Crippen LogP contribution in [0.1, 0.15) is 0 Å². The molecule has 3 fully saturated rings. The smallest absolute Gasteiger partial charge is 0.294 e. The Kier molecular flexibility index (Phi) is 5.57. The number of hydrogen-bond acceptors (Lipinski definition) is 4. The van der Waals surface area contributed by atoms with E-state index in [4.69, 9.17) is 0 Å². The highest BCUT2D eigenvalue weighted by molar-refractivity contribution is 7.93. The van der Waals surface area contributed by atoms with Gasteiger partial charge < -0.3 is 0 Å². The number of piperidine rings is 3. The molecule has 25 heteroatoms. The quantitative estimate of drug-likeness (QED) is 0.377. The van der Waals surface area contributed by atoms with E-state index in [2.05, 4.69) is 5.73 Å². The second-order valence-electron chi connectivity index (χ2n) is 7.16. The highest BCUT2D eigenvalue weighted by atomic mass is 32.2. The molecule has 3 rings (SSSR count). The maximum Gasteiger partial charge on any atom is 0.460 e. The Morgan fingerprint density at radius 2 is 0.861 bits per heavy atom. The van der Waals surface area contributed by atoms with Crippen molar-refractivity contribution in [1.29, 1.82) is 0 Å². The molecular weight excluding hydrogens is 604 g/mol. The van der Waals surface area contributed by atoms with Crippen molar-refractivity contribution < 1.29 is 96.2 Å². The molecule has 0 aromatic rings. The zero-order valence-corrected chi connectivity index (χ0v) is 16.1. The average Bonchev–Trinajstić information content (AvgIpc) is 2.62. The van der Waals surface area contributed by atoms with Crippen LogP contribution in [-0.4, -0.2) is 77.1 Å². The van der Waals surface area contributed by atoms with Crippen LogP contribution in [0.2, 0.25) is 0 Å². The number of rotatable bonds is 4. The van der Waals surface area contributed by atoms with Gasteiger partial charge in [-0.3, -0.25) is 5.73 Å². The van der Waals surface area contributed by atoms with Crippen LogP contribution in [0.4, 0.5) is 87.8 Å². The first-order valence-electron chi connectivity index (χ1n) is 7.73. The van der Waals surface area contributed by atoms with Gasteiger partial charge in [0.2, 0.25) is 0 Å². The van der Waals surface area contributed by atoms with E-state index in [1.807, 2.05) is 0 Å². The van der Waals surface area contributed by atoms with Crippen LogP contribution in [0, 0.1) is 0 Å². The second kappa shape index (κ2) is 6.54. The zero-order chi connectivity index (χ0) is 29.6. The summed E-state index contributed by atoms with van der Waals surface area (Å²) in [5.74, 6) is -41.2. The van der Waals surface area contributed by atoms with Crippen molar-refractivity contribution >= 4 is 9.84 Å². The third-order valence-electron chi connectivity index (χ3n) is 5.26. The Morgan fingerprint density at radius 3 is 1.14 bits per heavy atom. The van der Waals surface area contributed by atoms with Gasteiger partial charge in [-0.05, 0) is 0 Å². The fourth-order valence-electron chi connectivity index (χ4n) is 3.28. The SMILES string of the molecule is NC1(S(=O)(=O)C(F)(F)C(F)(F)C(F)(F)C(F)(F)F)N2C(F)(F)C(F)(F)C(F)(C(F)(F)C2(F)F)C1(F)F. The van der Waals surface area contributed by atoms with Crippen molar-refractivity contribution in [1.82, 2.24) is 4.90 Å². The Bertz CT molecular complexity index is 1030. The Labute approximate surface area is 181 Å². The van der Waals surface area contributed by atoms with Gasteiger partial charge in [0.25, 0.3) is 14.8 Å². The molecule has 0 radical (unpaired) electrons. The first-order valence-corrected chi connectivity index (χ1v) is 9.21. The van der Waals surface area contributed by atoms with Crippen molar-refractivity contribution in [2.24, 2.45) is 5.73 Å². The number of fused-ring (bicyclic) bond motifs is 3. The van der Waals surface area contributed by atoms with Crippen LogP contribution >= 0.6 is 0 Å². The van der Waals surface area contributed by atoms with Crippen molar-refractivity contribution in [3.63, 3.8) is 0 Å². The predicted molar refractivity (Wildman–Crippen MR) is 67.1 cm³/mol. The summed E-state index contributed by atoms with van der Waals surface area (Å²) in [5, 5.41) is -8.72. The normalized spacial score (nSPS) is 35.5. The van der Waals surface area contributed by atoms with Crippen molar-refractivity contribution in [2.45, 2.75) is 63.8 Å². The molecule has 3 aliphatic heterocycles. The average molecular weight is 606 g/mol. The minimum Gasteiger partial charge on any atom is -0.294 e. The number of hydrogen-bond donors (Lipinski definition) is 1. The minimum atomic E-state index is -9.66. The molecule has 3 saturated heterocycles. The summed E-state index contributed by atoms with van der Waals surface area (Å²) in [7, 11) is -9.66. The summed E-state index contributed by atoms with van der Waals surface area (Å²) < 4.78 is 295. The summed E-state index contributed by atoms with van der Waals surface area (Å²) in [6, 6.07) is -15.8. The van der Waals surface area contributed by atoms with Gasteiger partial charge in [0.1, 0.15) is 0 Å². The van der Waals surface area contributed by atoms with Crippen LogP contribution in [0.5, 0.6) is 0 Å². The molecule has 3 heterocycles. The lowest BCUT2D eigenvalue weighted by atomic mass is 9.71. The first kappa shape index (κ1) is 30.7. The van der Waals surface area contributed by atoms with Gasteiger partial charge >= 0.3 is 58.8 Å². The van der Waals surface area contributed by atoms with Gasteiger partial charge in [-0.25, -0.2) is 12.8 Å². The maximum atomic E-state index is 14.5. The lowest BCUT2D eigenvalue weighted by Gasteiger charge is -2.66. The van der Waals surface area contributed by atoms with E-state index in [1.165, 1.54) is 0 Å². The summed E-state index contributed by atoms with van der Waals surface area (Å²) in [5.41, 5.74) is -4.70. The van der Waals surface area contributed by atoms with E-state index in [9.17, 15) is 96.2 Å². The standard InChI is InChI=1S/C11H2F20N2O2S/c12-1-2(13,14)8(26,27)33(9(28,29)3(1,15)16)11(32,4(1,17)18)36(34,35)10(30,31)6(21,22)5(19,20)7(23,24)25/h32H2. The molecule has 0 spiro atoms. The van der Waals surface area contributed by atoms with Gasteiger partial charge in [-0.15, -0.1) is 4.90 Å². The molecule has 3 aliphatic rings. The van der Waals surface area contributed by atoms with Crippen molar-refractivity contribution in [3.05, 3.63) is 0 Å². The van der Waals surface area contributed by atoms with E-state index < -0.39 is 78.5 Å². The fourth-order valence-corrected chi connectivity index (χ4v) is 5.09. The molecule has 0 aliphatic carbocycles. The molecule has 214 valence electrons. The molecule has 2 bridgehead atoms. The molecule has 36 heavy (non-hydrogen) atoms. The number of alkyl halides is 20. The summed E-state index contributed by atoms with van der Waals surface area (Å²) in [6.07, 6.45) is -7.97. The summed E-state index contributed by atoms with van der Waals surface area (Å²) >= 11 is 0. The highest BCUT2D eigenvalue weighted by Crippen LogP contribution is 2.76. The second-order valence-corrected chi connectivity index (χ2v) is 9.30. The van der Waals surface area contributed by atoms with E-state index in [0.717, 1.165) is 0 Å². The first-order chi connectivity index (χ1) is 15.1. The van der Waals surface area contributed by atoms with Crippen molar-refractivity contribution in [2.75, 3.05) is 0 Å². The van der Waals surface area contributed by atoms with Gasteiger partial charge in [-0.1, -0.05) is 0 Å². The van der Waals surface area contributed by atoms with E-state index >= 15 is 0 Å². The third-order valence-corrected chi connectivity index (χ3v) is 7.45. The molecule has 1 atom stereocenters. The molecule has 1 unspecified atom stereocenters. The van der Waals surface area contributed by atoms with E-state index in [-0.39, 0.29) is 0 Å². The topological polar surface area (TPSA) is 63.4 Å². The number of halogens is 20. The lowest BCUT2D eigenvalue weighted by Crippen LogP contribution is -3.02. The molecule has 2 N–H and O–H groups in total. The Hall–Kier alpha value is -1.53. The summed E-state index contributed by atoms with van der Waals surface area (Å²) in [6.45, 7) is 0. The zero-order valence-electron chi connectivity index (χ0n) is 15.3. The van der Waals surface area contributed by atoms with Gasteiger partial charge in [0.15, 0.2) is 0 Å². The van der Waals surface area contributed by atoms with E-state index in [0.29, 0.717) is 0 Å². The van der Waals surface area contributed by atoms with Crippen LogP contribution in [0.25, 0.3) is 0 Å². The van der Waals surface area contributed by atoms with Crippen LogP contribution in [0.3, 0.4) is 0 Å². The molecule has 4 nitrogen and oxygen atoms in total. The number of nitrogens with zero attached hydrogens (tertiary/aromatic N) is 1. The molecule has 0 amide bonds. The maximum absolute atomic E-state index is 14.5. The van der Waals surface area contributed by atoms with Gasteiger partial charge in [0.05, 0.1) is 0 Å². The number of sulfone groups is 1. The third kappa shape index (κ3) is 2.41. The van der Waals surface area contributed by atoms with Crippen molar-refractivity contribution in [3.8, 4) is 0 Å². The Balaban J connectivity index is 3.12. The minimum absolute atomic E-state index is 3.70. The molecular formula is C11H2F20N2O2S. The van der Waals surface area contributed by atoms with Crippen LogP contribution in [-0.2, 0) is 9.84 Å². The van der Waals surface area contributed by atoms with Gasteiger partial charge in [0, 0.05) is 0 Å². The number of nitrogens with two attached hydrogens (primary N) is 1. The lowest BCUT2D eigenvalue weighted by molar-refractivity contribution is -0.559. The molecule has 0 aromatic heterocycles. The highest BCUT2D eigenvalue weighted by Gasteiger charge is 3.10. The van der Waals surface area contributed by atoms with Gasteiger partial charge in [-0.2, -0.15) is 83.4 Å². The Morgan fingerprint density at radius 1 is 0.556 bits per heavy atom. The monoisotopic (exact) mass is 606 g/mol. The van der Waals surface area contributed by atoms with E-state index in [1.54, 1.807) is 0 Å². The largest absolute Gasteiger partial charge is 0.460 e. The van der Waals surface area contributed by atoms with Crippen LogP contribution < -0.4 is 5.73 Å². The predicted octanol–water partition coefficient (Wildman–Crippen LogP) is 4.57. The summed E-state index contributed by atoms with van der Waals surface area (Å²) in [4.78, 5) is -11.9.